The Morgan fingerprint density at radius 1 is 1.53 bits per heavy atom. The first-order chi connectivity index (χ1) is 8.08. The first-order valence-electron chi connectivity index (χ1n) is 5.21. The number of ether oxygens (including phenoxy) is 1. The maximum absolute atomic E-state index is 11.8. The zero-order valence-corrected chi connectivity index (χ0v) is 10.5. The van der Waals surface area contributed by atoms with Crippen LogP contribution in [0.1, 0.15) is 20.3 Å². The number of allylic oxidation sites excluding steroid dienone is 1. The molecule has 0 aliphatic carbocycles. The lowest BCUT2D eigenvalue weighted by Crippen LogP contribution is -2.07. The summed E-state index contributed by atoms with van der Waals surface area (Å²) >= 11 is 1.32. The van der Waals surface area contributed by atoms with Gasteiger partial charge in [-0.3, -0.25) is 0 Å². The van der Waals surface area contributed by atoms with Gasteiger partial charge in [0.1, 0.15) is 0 Å². The molecule has 0 radical (unpaired) electrons. The fourth-order valence-corrected chi connectivity index (χ4v) is 1.73. The van der Waals surface area contributed by atoms with Crippen molar-refractivity contribution in [2.24, 2.45) is 0 Å². The van der Waals surface area contributed by atoms with Gasteiger partial charge in [-0.2, -0.15) is 13.8 Å². The molecule has 0 aliphatic heterocycles. The van der Waals surface area contributed by atoms with Crippen molar-refractivity contribution in [3.63, 3.8) is 0 Å². The van der Waals surface area contributed by atoms with E-state index in [-0.39, 0.29) is 6.10 Å². The Bertz CT molecular complexity index is 381. The predicted molar refractivity (Wildman–Crippen MR) is 63.4 cm³/mol. The summed E-state index contributed by atoms with van der Waals surface area (Å²) in [7, 11) is 0. The number of thioether (sulfide) groups is 1. The Kier molecular flexibility index (Phi) is 5.90. The molecule has 0 aromatic carbocycles. The van der Waals surface area contributed by atoms with E-state index in [0.29, 0.717) is 23.2 Å². The summed E-state index contributed by atoms with van der Waals surface area (Å²) in [6, 6.07) is 1.67. The molecule has 1 aromatic rings. The van der Waals surface area contributed by atoms with Crippen LogP contribution in [0.25, 0.3) is 0 Å². The van der Waals surface area contributed by atoms with Crippen molar-refractivity contribution >= 4 is 11.8 Å². The summed E-state index contributed by atoms with van der Waals surface area (Å²) in [6.07, 6.45) is 1.18. The molecule has 0 saturated carbocycles. The quantitative estimate of drug-likeness (QED) is 0.445. The molecule has 3 nitrogen and oxygen atoms in total. The van der Waals surface area contributed by atoms with Gasteiger partial charge in [0.15, 0.2) is 5.16 Å². The molecule has 17 heavy (non-hydrogen) atoms. The van der Waals surface area contributed by atoms with Crippen molar-refractivity contribution in [3.05, 3.63) is 24.4 Å². The summed E-state index contributed by atoms with van der Waals surface area (Å²) in [5.41, 5.74) is 0. The van der Waals surface area contributed by atoms with E-state index in [1.54, 1.807) is 12.3 Å². The SMILES string of the molecule is CC(C)Oc1ccnc(SCCC=C(F)F)n1. The second-order valence-corrected chi connectivity index (χ2v) is 4.54. The van der Waals surface area contributed by atoms with Crippen molar-refractivity contribution < 1.29 is 13.5 Å². The number of nitrogens with zero attached hydrogens (tertiary/aromatic N) is 2. The van der Waals surface area contributed by atoms with Crippen molar-refractivity contribution in [1.82, 2.24) is 9.97 Å². The van der Waals surface area contributed by atoms with E-state index in [1.807, 2.05) is 13.8 Å². The average molecular weight is 260 g/mol. The molecule has 0 N–H and O–H groups in total. The third-order valence-corrected chi connectivity index (χ3v) is 2.51. The van der Waals surface area contributed by atoms with Gasteiger partial charge in [-0.15, -0.1) is 0 Å². The highest BCUT2D eigenvalue weighted by molar-refractivity contribution is 7.99. The van der Waals surface area contributed by atoms with Crippen LogP contribution in [0.15, 0.2) is 29.6 Å². The molecule has 94 valence electrons. The van der Waals surface area contributed by atoms with Gasteiger partial charge < -0.3 is 4.74 Å². The number of rotatable bonds is 6. The van der Waals surface area contributed by atoms with E-state index >= 15 is 0 Å². The van der Waals surface area contributed by atoms with Gasteiger partial charge in [0, 0.05) is 18.0 Å². The van der Waals surface area contributed by atoms with Crippen molar-refractivity contribution in [2.75, 3.05) is 5.75 Å². The third-order valence-electron chi connectivity index (χ3n) is 1.61. The largest absolute Gasteiger partial charge is 0.475 e. The van der Waals surface area contributed by atoms with E-state index in [2.05, 4.69) is 9.97 Å². The average Bonchev–Trinajstić information content (AvgIpc) is 2.24. The van der Waals surface area contributed by atoms with E-state index in [1.165, 1.54) is 11.8 Å². The van der Waals surface area contributed by atoms with Crippen LogP contribution in [-0.2, 0) is 0 Å². The second kappa shape index (κ2) is 7.21. The topological polar surface area (TPSA) is 35.0 Å². The minimum absolute atomic E-state index is 0.0475. The second-order valence-electron chi connectivity index (χ2n) is 3.47. The van der Waals surface area contributed by atoms with Gasteiger partial charge in [0.05, 0.1) is 6.10 Å². The monoisotopic (exact) mass is 260 g/mol. The van der Waals surface area contributed by atoms with Gasteiger partial charge >= 0.3 is 0 Å². The Morgan fingerprint density at radius 3 is 2.94 bits per heavy atom. The standard InChI is InChI=1S/C11H14F2N2OS/c1-8(2)16-10-5-6-14-11(15-10)17-7-3-4-9(12)13/h4-6,8H,3,7H2,1-2H3. The first kappa shape index (κ1) is 13.9. The maximum atomic E-state index is 11.8. The number of hydrogen-bond acceptors (Lipinski definition) is 4. The van der Waals surface area contributed by atoms with Gasteiger partial charge in [-0.25, -0.2) is 4.98 Å². The van der Waals surface area contributed by atoms with Crippen molar-refractivity contribution in [2.45, 2.75) is 31.5 Å². The van der Waals surface area contributed by atoms with Gasteiger partial charge in [-0.05, 0) is 26.3 Å². The van der Waals surface area contributed by atoms with E-state index in [0.717, 1.165) is 6.08 Å². The smallest absolute Gasteiger partial charge is 0.266 e. The summed E-state index contributed by atoms with van der Waals surface area (Å²) in [6.45, 7) is 3.81. The molecule has 1 rings (SSSR count). The van der Waals surface area contributed by atoms with Gasteiger partial charge in [-0.1, -0.05) is 11.8 Å². The van der Waals surface area contributed by atoms with E-state index < -0.39 is 6.08 Å². The zero-order valence-electron chi connectivity index (χ0n) is 9.69. The molecule has 0 aliphatic rings. The van der Waals surface area contributed by atoms with Crippen LogP contribution in [0.5, 0.6) is 5.88 Å². The van der Waals surface area contributed by atoms with Crippen LogP contribution >= 0.6 is 11.8 Å². The molecule has 0 unspecified atom stereocenters. The zero-order chi connectivity index (χ0) is 12.7. The van der Waals surface area contributed by atoms with Crippen LogP contribution in [0, 0.1) is 0 Å². The minimum Gasteiger partial charge on any atom is -0.475 e. The molecule has 6 heteroatoms. The van der Waals surface area contributed by atoms with Crippen molar-refractivity contribution in [3.8, 4) is 5.88 Å². The van der Waals surface area contributed by atoms with Crippen LogP contribution in [0.3, 0.4) is 0 Å². The first-order valence-corrected chi connectivity index (χ1v) is 6.20. The molecule has 0 bridgehead atoms. The fourth-order valence-electron chi connectivity index (χ4n) is 1.02. The summed E-state index contributed by atoms with van der Waals surface area (Å²) in [5, 5.41) is 0.538. The summed E-state index contributed by atoms with van der Waals surface area (Å²) in [4.78, 5) is 8.18. The van der Waals surface area contributed by atoms with E-state index in [4.69, 9.17) is 4.74 Å². The normalized spacial score (nSPS) is 10.4. The predicted octanol–water partition coefficient (Wildman–Crippen LogP) is 3.53. The Morgan fingerprint density at radius 2 is 2.29 bits per heavy atom. The molecule has 0 spiro atoms. The molecule has 0 fully saturated rings. The molecule has 0 atom stereocenters. The molecule has 1 heterocycles. The molecule has 0 amide bonds. The highest BCUT2D eigenvalue weighted by atomic mass is 32.2. The van der Waals surface area contributed by atoms with Crippen molar-refractivity contribution in [1.29, 1.82) is 0 Å². The lowest BCUT2D eigenvalue weighted by Gasteiger charge is -2.08. The highest BCUT2D eigenvalue weighted by Gasteiger charge is 2.02. The summed E-state index contributed by atoms with van der Waals surface area (Å²) < 4.78 is 28.9. The Balaban J connectivity index is 2.45. The van der Waals surface area contributed by atoms with Gasteiger partial charge in [0.2, 0.25) is 5.88 Å². The molecular formula is C11H14F2N2OS. The van der Waals surface area contributed by atoms with Crippen LogP contribution in [-0.4, -0.2) is 21.8 Å². The van der Waals surface area contributed by atoms with Crippen LogP contribution in [0.4, 0.5) is 8.78 Å². The number of aromatic nitrogens is 2. The Labute approximate surface area is 103 Å². The number of halogens is 2. The Hall–Kier alpha value is -1.17. The van der Waals surface area contributed by atoms with E-state index in [9.17, 15) is 8.78 Å². The van der Waals surface area contributed by atoms with Crippen LogP contribution < -0.4 is 4.74 Å². The molecular weight excluding hydrogens is 246 g/mol. The fraction of sp³-hybridized carbons (Fsp3) is 0.455. The lowest BCUT2D eigenvalue weighted by atomic mass is 10.5. The summed E-state index contributed by atoms with van der Waals surface area (Å²) in [5.74, 6) is 1.02. The molecule has 0 saturated heterocycles. The minimum atomic E-state index is -1.65. The van der Waals surface area contributed by atoms with Crippen LogP contribution in [0.2, 0.25) is 0 Å². The van der Waals surface area contributed by atoms with Gasteiger partial charge in [0.25, 0.3) is 6.08 Å². The lowest BCUT2D eigenvalue weighted by molar-refractivity contribution is 0.230. The third kappa shape index (κ3) is 6.21. The maximum Gasteiger partial charge on any atom is 0.266 e. The highest BCUT2D eigenvalue weighted by Crippen LogP contribution is 2.17. The molecule has 1 aromatic heterocycles. The number of hydrogen-bond donors (Lipinski definition) is 0.